The van der Waals surface area contributed by atoms with E-state index in [1.54, 1.807) is 60.9 Å². The van der Waals surface area contributed by atoms with Gasteiger partial charge in [0.15, 0.2) is 0 Å². The van der Waals surface area contributed by atoms with Crippen molar-refractivity contribution >= 4 is 23.4 Å². The van der Waals surface area contributed by atoms with E-state index in [2.05, 4.69) is 4.98 Å². The van der Waals surface area contributed by atoms with Gasteiger partial charge in [-0.15, -0.1) is 0 Å². The molecule has 0 spiro atoms. The summed E-state index contributed by atoms with van der Waals surface area (Å²) in [6.45, 7) is 4.48. The van der Waals surface area contributed by atoms with E-state index >= 15 is 0 Å². The molecular weight excluding hydrogens is 418 g/mol. The van der Waals surface area contributed by atoms with Crippen molar-refractivity contribution in [3.63, 3.8) is 0 Å². The Balaban J connectivity index is 1.65. The molecule has 7 heteroatoms. The molecule has 2 aromatic carbocycles. The molecule has 2 heterocycles. The van der Waals surface area contributed by atoms with E-state index in [-0.39, 0.29) is 24.8 Å². The Bertz CT molecular complexity index is 1160. The Labute approximate surface area is 192 Å². The number of imide groups is 1. The first-order chi connectivity index (χ1) is 16.0. The second-order valence-electron chi connectivity index (χ2n) is 7.88. The summed E-state index contributed by atoms with van der Waals surface area (Å²) in [4.78, 5) is 46.6. The number of aromatic nitrogens is 1. The summed E-state index contributed by atoms with van der Waals surface area (Å²) in [6, 6.07) is 16.7. The van der Waals surface area contributed by atoms with Crippen LogP contribution in [0.1, 0.15) is 34.8 Å². The lowest BCUT2D eigenvalue weighted by Crippen LogP contribution is -2.45. The van der Waals surface area contributed by atoms with Crippen molar-refractivity contribution in [2.45, 2.75) is 32.9 Å². The largest absolute Gasteiger partial charge is 0.494 e. The predicted octanol–water partition coefficient (Wildman–Crippen LogP) is 3.76. The highest BCUT2D eigenvalue weighted by atomic mass is 16.5. The second-order valence-corrected chi connectivity index (χ2v) is 7.88. The number of benzene rings is 2. The number of ether oxygens (including phenoxy) is 1. The molecule has 0 radical (unpaired) electrons. The zero-order valence-electron chi connectivity index (χ0n) is 18.6. The standard InChI is InChI=1S/C26H25N3O4/c1-3-33-22-11-9-21(10-12-22)29-24(30)15-23(26(29)32)28(17-19-7-5-13-27-16-19)25(31)20-8-4-6-18(2)14-20/h4-14,16,23H,3,15,17H2,1-2H3. The number of hydrogen-bond donors (Lipinski definition) is 0. The van der Waals surface area contributed by atoms with Gasteiger partial charge in [-0.25, -0.2) is 4.90 Å². The normalized spacial score (nSPS) is 15.6. The van der Waals surface area contributed by atoms with Gasteiger partial charge in [0.05, 0.1) is 18.7 Å². The van der Waals surface area contributed by atoms with Gasteiger partial charge in [0.1, 0.15) is 11.8 Å². The summed E-state index contributed by atoms with van der Waals surface area (Å²) in [5, 5.41) is 0. The number of anilines is 1. The molecule has 1 saturated heterocycles. The quantitative estimate of drug-likeness (QED) is 0.520. The van der Waals surface area contributed by atoms with E-state index in [1.165, 1.54) is 4.90 Å². The van der Waals surface area contributed by atoms with Crippen LogP contribution in [0.15, 0.2) is 73.1 Å². The first kappa shape index (κ1) is 22.2. The minimum Gasteiger partial charge on any atom is -0.494 e. The number of carbonyl (C=O) groups is 3. The van der Waals surface area contributed by atoms with Gasteiger partial charge < -0.3 is 9.64 Å². The van der Waals surface area contributed by atoms with Gasteiger partial charge in [-0.3, -0.25) is 19.4 Å². The van der Waals surface area contributed by atoms with Crippen LogP contribution in [0.5, 0.6) is 5.75 Å². The SMILES string of the molecule is CCOc1ccc(N2C(=O)CC(N(Cc3cccnc3)C(=O)c3cccc(C)c3)C2=O)cc1. The van der Waals surface area contributed by atoms with Crippen LogP contribution in [-0.2, 0) is 16.1 Å². The van der Waals surface area contributed by atoms with Gasteiger partial charge in [-0.2, -0.15) is 0 Å². The molecule has 7 nitrogen and oxygen atoms in total. The number of hydrogen-bond acceptors (Lipinski definition) is 5. The van der Waals surface area contributed by atoms with E-state index in [1.807, 2.05) is 26.0 Å². The molecule has 33 heavy (non-hydrogen) atoms. The Morgan fingerprint density at radius 1 is 1.12 bits per heavy atom. The highest BCUT2D eigenvalue weighted by Gasteiger charge is 2.44. The number of carbonyl (C=O) groups excluding carboxylic acids is 3. The minimum absolute atomic E-state index is 0.0795. The minimum atomic E-state index is -0.905. The van der Waals surface area contributed by atoms with E-state index < -0.39 is 11.9 Å². The lowest BCUT2D eigenvalue weighted by atomic mass is 10.1. The summed E-state index contributed by atoms with van der Waals surface area (Å²) in [5.74, 6) is -0.414. The predicted molar refractivity (Wildman–Crippen MR) is 124 cm³/mol. The molecule has 0 bridgehead atoms. The molecular formula is C26H25N3O4. The van der Waals surface area contributed by atoms with Crippen LogP contribution in [0.4, 0.5) is 5.69 Å². The van der Waals surface area contributed by atoms with Crippen molar-refractivity contribution in [1.29, 1.82) is 0 Å². The number of nitrogens with zero attached hydrogens (tertiary/aromatic N) is 3. The van der Waals surface area contributed by atoms with Gasteiger partial charge >= 0.3 is 0 Å². The molecule has 4 rings (SSSR count). The molecule has 1 aliphatic rings. The van der Waals surface area contributed by atoms with Crippen LogP contribution in [0.2, 0.25) is 0 Å². The highest BCUT2D eigenvalue weighted by Crippen LogP contribution is 2.29. The summed E-state index contributed by atoms with van der Waals surface area (Å²) >= 11 is 0. The molecule has 1 aromatic heterocycles. The van der Waals surface area contributed by atoms with Crippen molar-refractivity contribution in [1.82, 2.24) is 9.88 Å². The van der Waals surface area contributed by atoms with Crippen LogP contribution in [0.3, 0.4) is 0 Å². The molecule has 168 valence electrons. The summed E-state index contributed by atoms with van der Waals surface area (Å²) < 4.78 is 5.45. The van der Waals surface area contributed by atoms with Gasteiger partial charge in [0.2, 0.25) is 5.91 Å². The maximum absolute atomic E-state index is 13.5. The molecule has 1 aliphatic heterocycles. The van der Waals surface area contributed by atoms with Crippen molar-refractivity contribution in [3.05, 3.63) is 89.7 Å². The van der Waals surface area contributed by atoms with Gasteiger partial charge in [-0.05, 0) is 61.9 Å². The fourth-order valence-corrected chi connectivity index (χ4v) is 3.94. The molecule has 3 amide bonds. The maximum atomic E-state index is 13.5. The number of amides is 3. The van der Waals surface area contributed by atoms with Crippen LogP contribution >= 0.6 is 0 Å². The molecule has 0 saturated carbocycles. The third-order valence-corrected chi connectivity index (χ3v) is 5.51. The maximum Gasteiger partial charge on any atom is 0.257 e. The van der Waals surface area contributed by atoms with Crippen LogP contribution in [0, 0.1) is 6.92 Å². The van der Waals surface area contributed by atoms with Gasteiger partial charge in [-0.1, -0.05) is 23.8 Å². The number of rotatable bonds is 7. The molecule has 1 unspecified atom stereocenters. The van der Waals surface area contributed by atoms with Crippen LogP contribution in [-0.4, -0.2) is 40.3 Å². The smallest absolute Gasteiger partial charge is 0.257 e. The van der Waals surface area contributed by atoms with Crippen LogP contribution < -0.4 is 9.64 Å². The van der Waals surface area contributed by atoms with Crippen molar-refractivity contribution < 1.29 is 19.1 Å². The Kier molecular flexibility index (Phi) is 6.49. The average Bonchev–Trinajstić information content (AvgIpc) is 3.12. The summed E-state index contributed by atoms with van der Waals surface area (Å²) in [7, 11) is 0. The molecule has 1 fully saturated rings. The molecule has 3 aromatic rings. The average molecular weight is 444 g/mol. The Morgan fingerprint density at radius 2 is 1.91 bits per heavy atom. The number of aryl methyl sites for hydroxylation is 1. The van der Waals surface area contributed by atoms with Crippen LogP contribution in [0.25, 0.3) is 0 Å². The Hall–Kier alpha value is -4.00. The van der Waals surface area contributed by atoms with Crippen molar-refractivity contribution in [2.75, 3.05) is 11.5 Å². The lowest BCUT2D eigenvalue weighted by Gasteiger charge is -2.28. The first-order valence-corrected chi connectivity index (χ1v) is 10.8. The van der Waals surface area contributed by atoms with E-state index in [4.69, 9.17) is 4.74 Å². The topological polar surface area (TPSA) is 79.8 Å². The molecule has 0 aliphatic carbocycles. The van der Waals surface area contributed by atoms with Gasteiger partial charge in [0, 0.05) is 24.5 Å². The third kappa shape index (κ3) is 4.77. The highest BCUT2D eigenvalue weighted by molar-refractivity contribution is 6.23. The molecule has 1 atom stereocenters. The van der Waals surface area contributed by atoms with Crippen molar-refractivity contribution in [2.24, 2.45) is 0 Å². The summed E-state index contributed by atoms with van der Waals surface area (Å²) in [5.41, 5.74) is 2.64. The zero-order valence-corrected chi connectivity index (χ0v) is 18.6. The van der Waals surface area contributed by atoms with Gasteiger partial charge in [0.25, 0.3) is 11.8 Å². The summed E-state index contributed by atoms with van der Waals surface area (Å²) in [6.07, 6.45) is 3.22. The number of pyridine rings is 1. The molecule has 0 N–H and O–H groups in total. The first-order valence-electron chi connectivity index (χ1n) is 10.8. The third-order valence-electron chi connectivity index (χ3n) is 5.51. The Morgan fingerprint density at radius 3 is 2.58 bits per heavy atom. The van der Waals surface area contributed by atoms with Crippen molar-refractivity contribution in [3.8, 4) is 5.75 Å². The van der Waals surface area contributed by atoms with E-state index in [0.29, 0.717) is 23.6 Å². The lowest BCUT2D eigenvalue weighted by molar-refractivity contribution is -0.122. The second kappa shape index (κ2) is 9.65. The zero-order chi connectivity index (χ0) is 23.4. The van der Waals surface area contributed by atoms with E-state index in [9.17, 15) is 14.4 Å². The fourth-order valence-electron chi connectivity index (χ4n) is 3.94. The monoisotopic (exact) mass is 443 g/mol. The fraction of sp³-hybridized carbons (Fsp3) is 0.231. The van der Waals surface area contributed by atoms with E-state index in [0.717, 1.165) is 16.0 Å².